The summed E-state index contributed by atoms with van der Waals surface area (Å²) < 4.78 is 10.9. The summed E-state index contributed by atoms with van der Waals surface area (Å²) in [7, 11) is 1.70. The lowest BCUT2D eigenvalue weighted by Gasteiger charge is -2.39. The number of alkyl halides is 1. The van der Waals surface area contributed by atoms with Gasteiger partial charge in [-0.25, -0.2) is 0 Å². The lowest BCUT2D eigenvalue weighted by atomic mass is 9.91. The zero-order chi connectivity index (χ0) is 9.26. The summed E-state index contributed by atoms with van der Waals surface area (Å²) in [5, 5.41) is 0.163. The first-order valence-corrected chi connectivity index (χ1v) is 5.53. The van der Waals surface area contributed by atoms with E-state index < -0.39 is 0 Å². The maximum Gasteiger partial charge on any atom is 0.0997 e. The SMILES string of the molecule is COC1C(Cl)CC1OCCC1CC1. The van der Waals surface area contributed by atoms with Gasteiger partial charge in [0.1, 0.15) is 0 Å². The molecule has 0 aromatic rings. The van der Waals surface area contributed by atoms with Crippen LogP contribution >= 0.6 is 11.6 Å². The summed E-state index contributed by atoms with van der Waals surface area (Å²) in [6, 6.07) is 0. The molecule has 0 N–H and O–H groups in total. The molecule has 0 aliphatic heterocycles. The van der Waals surface area contributed by atoms with Crippen molar-refractivity contribution in [3.05, 3.63) is 0 Å². The minimum Gasteiger partial charge on any atom is -0.377 e. The van der Waals surface area contributed by atoms with E-state index >= 15 is 0 Å². The van der Waals surface area contributed by atoms with E-state index in [9.17, 15) is 0 Å². The Morgan fingerprint density at radius 2 is 2.15 bits per heavy atom. The summed E-state index contributed by atoms with van der Waals surface area (Å²) in [6.07, 6.45) is 5.36. The predicted molar refractivity (Wildman–Crippen MR) is 52.1 cm³/mol. The fraction of sp³-hybridized carbons (Fsp3) is 1.00. The Morgan fingerprint density at radius 3 is 2.69 bits per heavy atom. The Kier molecular flexibility index (Phi) is 3.12. The van der Waals surface area contributed by atoms with Crippen LogP contribution in [0.2, 0.25) is 0 Å². The van der Waals surface area contributed by atoms with Gasteiger partial charge in [-0.2, -0.15) is 0 Å². The van der Waals surface area contributed by atoms with E-state index in [0.29, 0.717) is 0 Å². The van der Waals surface area contributed by atoms with Gasteiger partial charge >= 0.3 is 0 Å². The average Bonchev–Trinajstić information content (AvgIpc) is 2.87. The van der Waals surface area contributed by atoms with Gasteiger partial charge in [0, 0.05) is 13.7 Å². The topological polar surface area (TPSA) is 18.5 Å². The first-order valence-electron chi connectivity index (χ1n) is 5.09. The molecule has 2 rings (SSSR count). The molecule has 0 aromatic carbocycles. The van der Waals surface area contributed by atoms with Crippen molar-refractivity contribution in [3.8, 4) is 0 Å². The largest absolute Gasteiger partial charge is 0.377 e. The van der Waals surface area contributed by atoms with E-state index in [1.165, 1.54) is 19.3 Å². The van der Waals surface area contributed by atoms with Gasteiger partial charge in [-0.05, 0) is 18.8 Å². The fourth-order valence-electron chi connectivity index (χ4n) is 1.78. The molecule has 0 bridgehead atoms. The van der Waals surface area contributed by atoms with Crippen molar-refractivity contribution >= 4 is 11.6 Å². The number of methoxy groups -OCH3 is 1. The third kappa shape index (κ3) is 2.36. The minimum atomic E-state index is 0.126. The second kappa shape index (κ2) is 4.16. The van der Waals surface area contributed by atoms with Crippen molar-refractivity contribution in [2.75, 3.05) is 13.7 Å². The number of halogens is 1. The van der Waals surface area contributed by atoms with E-state index in [4.69, 9.17) is 21.1 Å². The van der Waals surface area contributed by atoms with E-state index in [-0.39, 0.29) is 17.6 Å². The zero-order valence-electron chi connectivity index (χ0n) is 8.04. The lowest BCUT2D eigenvalue weighted by Crippen LogP contribution is -2.50. The Morgan fingerprint density at radius 1 is 1.38 bits per heavy atom. The van der Waals surface area contributed by atoms with Crippen LogP contribution in [0.4, 0.5) is 0 Å². The second-order valence-electron chi connectivity index (χ2n) is 4.09. The minimum absolute atomic E-state index is 0.126. The molecule has 2 fully saturated rings. The smallest absolute Gasteiger partial charge is 0.0997 e. The molecule has 2 saturated carbocycles. The van der Waals surface area contributed by atoms with E-state index in [1.807, 2.05) is 0 Å². The van der Waals surface area contributed by atoms with Crippen LogP contribution in [0.15, 0.2) is 0 Å². The van der Waals surface area contributed by atoms with Crippen LogP contribution in [0.1, 0.15) is 25.7 Å². The predicted octanol–water partition coefficient (Wildman–Crippen LogP) is 2.20. The van der Waals surface area contributed by atoms with Gasteiger partial charge in [-0.15, -0.1) is 11.6 Å². The first kappa shape index (κ1) is 9.75. The van der Waals surface area contributed by atoms with E-state index in [2.05, 4.69) is 0 Å². The number of hydrogen-bond donors (Lipinski definition) is 0. The molecule has 76 valence electrons. The van der Waals surface area contributed by atoms with E-state index in [0.717, 1.165) is 18.9 Å². The summed E-state index contributed by atoms with van der Waals surface area (Å²) in [4.78, 5) is 0. The molecule has 0 spiro atoms. The summed E-state index contributed by atoms with van der Waals surface area (Å²) >= 11 is 5.96. The Balaban J connectivity index is 1.58. The van der Waals surface area contributed by atoms with Gasteiger partial charge < -0.3 is 9.47 Å². The van der Waals surface area contributed by atoms with Crippen LogP contribution in [0.25, 0.3) is 0 Å². The Hall–Kier alpha value is 0.210. The standard InChI is InChI=1S/C10H17ClO2/c1-12-10-8(11)6-9(10)13-5-4-7-2-3-7/h7-10H,2-6H2,1H3. The number of ether oxygens (including phenoxy) is 2. The van der Waals surface area contributed by atoms with Crippen LogP contribution < -0.4 is 0 Å². The molecule has 2 nitrogen and oxygen atoms in total. The summed E-state index contributed by atoms with van der Waals surface area (Å²) in [5.74, 6) is 0.952. The number of hydrogen-bond acceptors (Lipinski definition) is 2. The molecule has 2 aliphatic rings. The zero-order valence-corrected chi connectivity index (χ0v) is 8.80. The monoisotopic (exact) mass is 204 g/mol. The third-order valence-electron chi connectivity index (χ3n) is 3.01. The molecular weight excluding hydrogens is 188 g/mol. The van der Waals surface area contributed by atoms with Crippen molar-refractivity contribution < 1.29 is 9.47 Å². The van der Waals surface area contributed by atoms with Crippen LogP contribution in [-0.4, -0.2) is 31.3 Å². The highest BCUT2D eigenvalue weighted by Crippen LogP contribution is 2.34. The molecule has 0 saturated heterocycles. The van der Waals surface area contributed by atoms with Crippen molar-refractivity contribution in [2.45, 2.75) is 43.3 Å². The third-order valence-corrected chi connectivity index (χ3v) is 3.43. The molecule has 0 amide bonds. The maximum atomic E-state index is 5.96. The van der Waals surface area contributed by atoms with Gasteiger partial charge in [-0.3, -0.25) is 0 Å². The van der Waals surface area contributed by atoms with Crippen LogP contribution in [0, 0.1) is 5.92 Å². The van der Waals surface area contributed by atoms with Crippen molar-refractivity contribution in [1.29, 1.82) is 0 Å². The van der Waals surface area contributed by atoms with Crippen LogP contribution in [0.3, 0.4) is 0 Å². The average molecular weight is 205 g/mol. The summed E-state index contributed by atoms with van der Waals surface area (Å²) in [6.45, 7) is 0.888. The Labute approximate surface area is 84.5 Å². The van der Waals surface area contributed by atoms with Gasteiger partial charge in [0.25, 0.3) is 0 Å². The molecule has 3 atom stereocenters. The lowest BCUT2D eigenvalue weighted by molar-refractivity contribution is -0.110. The van der Waals surface area contributed by atoms with Crippen LogP contribution in [0.5, 0.6) is 0 Å². The molecule has 3 unspecified atom stereocenters. The van der Waals surface area contributed by atoms with Gasteiger partial charge in [0.15, 0.2) is 0 Å². The van der Waals surface area contributed by atoms with Gasteiger partial charge in [0.2, 0.25) is 0 Å². The van der Waals surface area contributed by atoms with Gasteiger partial charge in [0.05, 0.1) is 17.6 Å². The molecule has 0 aromatic heterocycles. The highest BCUT2D eigenvalue weighted by Gasteiger charge is 2.41. The quantitative estimate of drug-likeness (QED) is 0.640. The Bertz CT molecular complexity index is 170. The molecule has 13 heavy (non-hydrogen) atoms. The molecule has 2 aliphatic carbocycles. The van der Waals surface area contributed by atoms with Crippen molar-refractivity contribution in [2.24, 2.45) is 5.92 Å². The fourth-order valence-corrected chi connectivity index (χ4v) is 2.22. The molecule has 0 heterocycles. The van der Waals surface area contributed by atoms with Crippen molar-refractivity contribution in [1.82, 2.24) is 0 Å². The number of rotatable bonds is 5. The summed E-state index contributed by atoms with van der Waals surface area (Å²) in [5.41, 5.74) is 0. The molecule has 0 radical (unpaired) electrons. The molecular formula is C10H17ClO2. The highest BCUT2D eigenvalue weighted by atomic mass is 35.5. The normalized spacial score (nSPS) is 38.8. The maximum absolute atomic E-state index is 5.96. The first-order chi connectivity index (χ1) is 6.31. The van der Waals surface area contributed by atoms with Gasteiger partial charge in [-0.1, -0.05) is 12.8 Å². The van der Waals surface area contributed by atoms with Crippen LogP contribution in [-0.2, 0) is 9.47 Å². The molecule has 3 heteroatoms. The second-order valence-corrected chi connectivity index (χ2v) is 4.65. The van der Waals surface area contributed by atoms with Crippen molar-refractivity contribution in [3.63, 3.8) is 0 Å². The highest BCUT2D eigenvalue weighted by molar-refractivity contribution is 6.21. The van der Waals surface area contributed by atoms with E-state index in [1.54, 1.807) is 7.11 Å².